The van der Waals surface area contributed by atoms with Gasteiger partial charge in [-0.25, -0.2) is 0 Å². The minimum atomic E-state index is -0.0992. The lowest BCUT2D eigenvalue weighted by atomic mass is 9.87. The number of carbonyl (C=O) groups excluding carboxylic acids is 1. The van der Waals surface area contributed by atoms with E-state index in [4.69, 9.17) is 17.4 Å². The Morgan fingerprint density at radius 1 is 1.42 bits per heavy atom. The summed E-state index contributed by atoms with van der Waals surface area (Å²) < 4.78 is 0. The summed E-state index contributed by atoms with van der Waals surface area (Å²) in [5.41, 5.74) is 3.58. The first kappa shape index (κ1) is 15.8. The highest BCUT2D eigenvalue weighted by Crippen LogP contribution is 2.27. The standard InChI is InChI=1S/C14H22ClN3O/c1-9(14(2,3)4)18(5)13(19)11-8-10(15)6-7-12(11)17-16/h6-9,17H,16H2,1-5H3. The Kier molecular flexibility index (Phi) is 4.82. The summed E-state index contributed by atoms with van der Waals surface area (Å²) in [5, 5.41) is 0.513. The summed E-state index contributed by atoms with van der Waals surface area (Å²) >= 11 is 5.95. The van der Waals surface area contributed by atoms with E-state index in [1.165, 1.54) is 0 Å². The van der Waals surface area contributed by atoms with Crippen molar-refractivity contribution in [1.82, 2.24) is 4.90 Å². The molecule has 1 rings (SSSR count). The van der Waals surface area contributed by atoms with Crippen LogP contribution >= 0.6 is 11.6 Å². The molecule has 19 heavy (non-hydrogen) atoms. The van der Waals surface area contributed by atoms with Gasteiger partial charge in [0.05, 0.1) is 11.3 Å². The normalized spacial score (nSPS) is 13.0. The Morgan fingerprint density at radius 2 is 2.00 bits per heavy atom. The fourth-order valence-corrected chi connectivity index (χ4v) is 1.94. The molecule has 0 bridgehead atoms. The maximum Gasteiger partial charge on any atom is 0.256 e. The molecule has 1 aromatic rings. The van der Waals surface area contributed by atoms with E-state index in [1.807, 2.05) is 6.92 Å². The van der Waals surface area contributed by atoms with Gasteiger partial charge in [-0.3, -0.25) is 10.6 Å². The molecule has 0 aromatic heterocycles. The molecule has 0 saturated carbocycles. The van der Waals surface area contributed by atoms with Crippen molar-refractivity contribution >= 4 is 23.2 Å². The van der Waals surface area contributed by atoms with Crippen molar-refractivity contribution in [2.45, 2.75) is 33.7 Å². The number of anilines is 1. The summed E-state index contributed by atoms with van der Waals surface area (Å²) in [5.74, 6) is 5.34. The van der Waals surface area contributed by atoms with E-state index in [9.17, 15) is 4.79 Å². The van der Waals surface area contributed by atoms with E-state index in [1.54, 1.807) is 30.1 Å². The van der Waals surface area contributed by atoms with Crippen LogP contribution in [-0.2, 0) is 0 Å². The van der Waals surface area contributed by atoms with Crippen molar-refractivity contribution < 1.29 is 4.79 Å². The van der Waals surface area contributed by atoms with Crippen LogP contribution in [0.1, 0.15) is 38.1 Å². The SMILES string of the molecule is CC(N(C)C(=O)c1cc(Cl)ccc1NN)C(C)(C)C. The fraction of sp³-hybridized carbons (Fsp3) is 0.500. The van der Waals surface area contributed by atoms with Gasteiger partial charge < -0.3 is 10.3 Å². The zero-order valence-corrected chi connectivity index (χ0v) is 12.9. The van der Waals surface area contributed by atoms with Gasteiger partial charge >= 0.3 is 0 Å². The highest BCUT2D eigenvalue weighted by Gasteiger charge is 2.28. The van der Waals surface area contributed by atoms with Crippen molar-refractivity contribution in [2.75, 3.05) is 12.5 Å². The summed E-state index contributed by atoms with van der Waals surface area (Å²) in [4.78, 5) is 14.3. The maximum atomic E-state index is 12.5. The molecule has 3 N–H and O–H groups in total. The fourth-order valence-electron chi connectivity index (χ4n) is 1.77. The van der Waals surface area contributed by atoms with Gasteiger partial charge in [0.25, 0.3) is 5.91 Å². The molecule has 1 amide bonds. The number of nitrogen functional groups attached to an aromatic ring is 1. The minimum absolute atomic E-state index is 0.000703. The summed E-state index contributed by atoms with van der Waals surface area (Å²) in [6.07, 6.45) is 0. The first-order valence-corrected chi connectivity index (χ1v) is 6.59. The number of hydrazine groups is 1. The number of carbonyl (C=O) groups is 1. The van der Waals surface area contributed by atoms with Gasteiger partial charge in [-0.2, -0.15) is 0 Å². The van der Waals surface area contributed by atoms with Crippen LogP contribution in [0.15, 0.2) is 18.2 Å². The van der Waals surface area contributed by atoms with E-state index in [-0.39, 0.29) is 17.4 Å². The van der Waals surface area contributed by atoms with E-state index < -0.39 is 0 Å². The van der Waals surface area contributed by atoms with Gasteiger partial charge in [0.15, 0.2) is 0 Å². The maximum absolute atomic E-state index is 12.5. The predicted molar refractivity (Wildman–Crippen MR) is 80.3 cm³/mol. The molecule has 5 heteroatoms. The zero-order valence-electron chi connectivity index (χ0n) is 12.1. The number of rotatable bonds is 3. The van der Waals surface area contributed by atoms with Crippen LogP contribution in [0.5, 0.6) is 0 Å². The van der Waals surface area contributed by atoms with E-state index in [0.717, 1.165) is 0 Å². The number of halogens is 1. The van der Waals surface area contributed by atoms with Crippen LogP contribution in [-0.4, -0.2) is 23.9 Å². The zero-order chi connectivity index (χ0) is 14.8. The highest BCUT2D eigenvalue weighted by molar-refractivity contribution is 6.31. The first-order chi connectivity index (χ1) is 8.68. The van der Waals surface area contributed by atoms with Crippen LogP contribution in [0.4, 0.5) is 5.69 Å². The Balaban J connectivity index is 3.10. The number of amides is 1. The lowest BCUT2D eigenvalue weighted by Crippen LogP contribution is -2.43. The van der Waals surface area contributed by atoms with Gasteiger partial charge in [0, 0.05) is 18.1 Å². The van der Waals surface area contributed by atoms with Gasteiger partial charge in [0.2, 0.25) is 0 Å². The average molecular weight is 284 g/mol. The molecule has 0 spiro atoms. The Morgan fingerprint density at radius 3 is 2.47 bits per heavy atom. The van der Waals surface area contributed by atoms with Gasteiger partial charge in [-0.15, -0.1) is 0 Å². The number of nitrogens with one attached hydrogen (secondary N) is 1. The average Bonchev–Trinajstić information content (AvgIpc) is 2.34. The van der Waals surface area contributed by atoms with Crippen molar-refractivity contribution in [3.05, 3.63) is 28.8 Å². The third-order valence-corrected chi connectivity index (χ3v) is 3.76. The number of benzene rings is 1. The quantitative estimate of drug-likeness (QED) is 0.662. The van der Waals surface area contributed by atoms with Crippen LogP contribution in [0.2, 0.25) is 5.02 Å². The second-order valence-corrected chi connectivity index (χ2v) is 6.23. The molecule has 1 aromatic carbocycles. The van der Waals surface area contributed by atoms with Crippen molar-refractivity contribution in [3.8, 4) is 0 Å². The summed E-state index contributed by atoms with van der Waals surface area (Å²) in [6.45, 7) is 8.32. The van der Waals surface area contributed by atoms with E-state index in [0.29, 0.717) is 16.3 Å². The van der Waals surface area contributed by atoms with Crippen LogP contribution in [0.25, 0.3) is 0 Å². The molecular formula is C14H22ClN3O. The second-order valence-electron chi connectivity index (χ2n) is 5.79. The van der Waals surface area contributed by atoms with Gasteiger partial charge in [-0.1, -0.05) is 32.4 Å². The third kappa shape index (κ3) is 3.61. The number of nitrogens with two attached hydrogens (primary N) is 1. The third-order valence-electron chi connectivity index (χ3n) is 3.52. The minimum Gasteiger partial charge on any atom is -0.338 e. The molecule has 0 radical (unpaired) electrons. The summed E-state index contributed by atoms with van der Waals surface area (Å²) in [7, 11) is 1.79. The molecule has 0 heterocycles. The van der Waals surface area contributed by atoms with Crippen molar-refractivity contribution in [1.29, 1.82) is 0 Å². The molecule has 0 aliphatic heterocycles. The lowest BCUT2D eigenvalue weighted by molar-refractivity contribution is 0.0630. The monoisotopic (exact) mass is 283 g/mol. The number of hydrogen-bond donors (Lipinski definition) is 2. The van der Waals surface area contributed by atoms with Crippen LogP contribution in [0, 0.1) is 5.41 Å². The summed E-state index contributed by atoms with van der Waals surface area (Å²) in [6, 6.07) is 5.11. The molecule has 106 valence electrons. The van der Waals surface area contributed by atoms with Crippen LogP contribution in [0.3, 0.4) is 0 Å². The first-order valence-electron chi connectivity index (χ1n) is 6.21. The lowest BCUT2D eigenvalue weighted by Gasteiger charge is -2.35. The molecule has 1 atom stereocenters. The number of nitrogens with zero attached hydrogens (tertiary/aromatic N) is 1. The molecule has 0 aliphatic carbocycles. The largest absolute Gasteiger partial charge is 0.338 e. The highest BCUT2D eigenvalue weighted by atomic mass is 35.5. The Bertz CT molecular complexity index is 468. The molecule has 0 saturated heterocycles. The smallest absolute Gasteiger partial charge is 0.256 e. The molecule has 0 fully saturated rings. The van der Waals surface area contributed by atoms with E-state index >= 15 is 0 Å². The molecule has 4 nitrogen and oxygen atoms in total. The second kappa shape index (κ2) is 5.80. The molecule has 0 aliphatic rings. The Hall–Kier alpha value is -1.26. The number of hydrogen-bond acceptors (Lipinski definition) is 3. The van der Waals surface area contributed by atoms with Crippen molar-refractivity contribution in [3.63, 3.8) is 0 Å². The Labute approximate surface area is 119 Å². The van der Waals surface area contributed by atoms with Crippen molar-refractivity contribution in [2.24, 2.45) is 11.3 Å². The van der Waals surface area contributed by atoms with E-state index in [2.05, 4.69) is 26.2 Å². The van der Waals surface area contributed by atoms with Gasteiger partial charge in [0.1, 0.15) is 0 Å². The molecular weight excluding hydrogens is 262 g/mol. The van der Waals surface area contributed by atoms with Gasteiger partial charge in [-0.05, 0) is 30.5 Å². The topological polar surface area (TPSA) is 58.4 Å². The molecule has 1 unspecified atom stereocenters. The predicted octanol–water partition coefficient (Wildman–Crippen LogP) is 3.13. The van der Waals surface area contributed by atoms with Crippen LogP contribution < -0.4 is 11.3 Å².